The Morgan fingerprint density at radius 3 is 2.67 bits per heavy atom. The van der Waals surface area contributed by atoms with E-state index in [9.17, 15) is 0 Å². The van der Waals surface area contributed by atoms with Crippen molar-refractivity contribution in [1.82, 2.24) is 24.5 Å². The van der Waals surface area contributed by atoms with Gasteiger partial charge in [-0.1, -0.05) is 30.3 Å². The largest absolute Gasteiger partial charge is 0.493 e. The molecule has 8 heteroatoms. The number of ether oxygens (including phenoxy) is 3. The molecule has 0 bridgehead atoms. The summed E-state index contributed by atoms with van der Waals surface area (Å²) in [5.74, 6) is 2.09. The predicted molar refractivity (Wildman–Crippen MR) is 113 cm³/mol. The summed E-state index contributed by atoms with van der Waals surface area (Å²) >= 11 is 0. The van der Waals surface area contributed by atoms with Gasteiger partial charge in [0.2, 0.25) is 0 Å². The van der Waals surface area contributed by atoms with Crippen LogP contribution in [0, 0.1) is 0 Å². The Morgan fingerprint density at radius 1 is 1.03 bits per heavy atom. The first-order chi connectivity index (χ1) is 14.8. The van der Waals surface area contributed by atoms with Crippen molar-refractivity contribution >= 4 is 16.6 Å². The standard InChI is InChI=1S/C22H23N5O3/c1-28-19-13-17-18(14-20(19)30-12-9-26-7-10-29-11-8-26)23-15-27-21(24-25-22(17)27)16-5-3-2-4-6-16/h2-6,13-15H,7-12H2,1H3. The van der Waals surface area contributed by atoms with Crippen LogP contribution in [0.5, 0.6) is 11.5 Å². The summed E-state index contributed by atoms with van der Waals surface area (Å²) in [6, 6.07) is 13.8. The Balaban J connectivity index is 1.45. The summed E-state index contributed by atoms with van der Waals surface area (Å²) < 4.78 is 18.9. The van der Waals surface area contributed by atoms with E-state index < -0.39 is 0 Å². The third-order valence-electron chi connectivity index (χ3n) is 5.33. The maximum absolute atomic E-state index is 6.04. The number of hydrogen-bond acceptors (Lipinski definition) is 7. The molecular weight excluding hydrogens is 382 g/mol. The highest BCUT2D eigenvalue weighted by Crippen LogP contribution is 2.33. The van der Waals surface area contributed by atoms with Crippen molar-refractivity contribution in [2.75, 3.05) is 46.6 Å². The first-order valence-electron chi connectivity index (χ1n) is 10.0. The highest BCUT2D eigenvalue weighted by molar-refractivity contribution is 5.94. The second kappa shape index (κ2) is 8.25. The van der Waals surface area contributed by atoms with E-state index in [1.807, 2.05) is 46.9 Å². The monoisotopic (exact) mass is 405 g/mol. The van der Waals surface area contributed by atoms with Gasteiger partial charge in [-0.05, 0) is 6.07 Å². The van der Waals surface area contributed by atoms with E-state index in [1.54, 1.807) is 13.4 Å². The highest BCUT2D eigenvalue weighted by atomic mass is 16.5. The molecule has 1 aliphatic heterocycles. The lowest BCUT2D eigenvalue weighted by Gasteiger charge is -2.26. The van der Waals surface area contributed by atoms with Crippen LogP contribution in [0.3, 0.4) is 0 Å². The lowest BCUT2D eigenvalue weighted by atomic mass is 10.2. The number of nitrogens with zero attached hydrogens (tertiary/aromatic N) is 5. The van der Waals surface area contributed by atoms with E-state index in [4.69, 9.17) is 14.2 Å². The smallest absolute Gasteiger partial charge is 0.171 e. The SMILES string of the molecule is COc1cc2c(cc1OCCN1CCOCC1)ncn1c(-c3ccccc3)nnc21. The molecule has 4 aromatic rings. The Bertz CT molecular complexity index is 1160. The average Bonchev–Trinajstić information content (AvgIpc) is 3.24. The second-order valence-corrected chi connectivity index (χ2v) is 7.15. The summed E-state index contributed by atoms with van der Waals surface area (Å²) in [6.07, 6.45) is 1.75. The summed E-state index contributed by atoms with van der Waals surface area (Å²) in [5.41, 5.74) is 2.51. The number of hydrogen-bond donors (Lipinski definition) is 0. The summed E-state index contributed by atoms with van der Waals surface area (Å²) in [5, 5.41) is 9.66. The summed E-state index contributed by atoms with van der Waals surface area (Å²) in [7, 11) is 1.64. The first kappa shape index (κ1) is 18.8. The molecule has 0 radical (unpaired) electrons. The van der Waals surface area contributed by atoms with E-state index in [2.05, 4.69) is 20.1 Å². The van der Waals surface area contributed by atoms with Crippen LogP contribution in [0.4, 0.5) is 0 Å². The van der Waals surface area contributed by atoms with Crippen molar-refractivity contribution in [1.29, 1.82) is 0 Å². The lowest BCUT2D eigenvalue weighted by molar-refractivity contribution is 0.0321. The van der Waals surface area contributed by atoms with E-state index in [0.29, 0.717) is 18.1 Å². The molecule has 8 nitrogen and oxygen atoms in total. The van der Waals surface area contributed by atoms with Crippen molar-refractivity contribution in [2.45, 2.75) is 0 Å². The van der Waals surface area contributed by atoms with Gasteiger partial charge in [0.15, 0.2) is 23.0 Å². The zero-order chi connectivity index (χ0) is 20.3. The fourth-order valence-corrected chi connectivity index (χ4v) is 3.71. The Labute approximate surface area is 174 Å². The molecule has 0 N–H and O–H groups in total. The molecular formula is C22H23N5O3. The number of morpholine rings is 1. The van der Waals surface area contributed by atoms with E-state index in [1.165, 1.54) is 0 Å². The molecule has 0 spiro atoms. The third-order valence-corrected chi connectivity index (χ3v) is 5.33. The number of rotatable bonds is 6. The molecule has 0 saturated carbocycles. The average molecular weight is 405 g/mol. The van der Waals surface area contributed by atoms with Crippen molar-refractivity contribution in [3.8, 4) is 22.9 Å². The van der Waals surface area contributed by atoms with Crippen LogP contribution in [0.1, 0.15) is 0 Å². The Kier molecular flexibility index (Phi) is 5.17. The molecule has 2 aromatic carbocycles. The second-order valence-electron chi connectivity index (χ2n) is 7.15. The van der Waals surface area contributed by atoms with Gasteiger partial charge in [0.25, 0.3) is 0 Å². The molecule has 0 atom stereocenters. The fraction of sp³-hybridized carbons (Fsp3) is 0.318. The summed E-state index contributed by atoms with van der Waals surface area (Å²) in [4.78, 5) is 6.96. The van der Waals surface area contributed by atoms with Crippen LogP contribution >= 0.6 is 0 Å². The molecule has 2 aromatic heterocycles. The van der Waals surface area contributed by atoms with Crippen LogP contribution in [0.15, 0.2) is 48.8 Å². The van der Waals surface area contributed by atoms with Crippen molar-refractivity contribution < 1.29 is 14.2 Å². The number of aromatic nitrogens is 4. The minimum atomic E-state index is 0.577. The molecule has 30 heavy (non-hydrogen) atoms. The molecule has 1 aliphatic rings. The van der Waals surface area contributed by atoms with Gasteiger partial charge in [-0.15, -0.1) is 10.2 Å². The third kappa shape index (κ3) is 3.55. The van der Waals surface area contributed by atoms with Gasteiger partial charge in [-0.3, -0.25) is 9.30 Å². The Hall–Kier alpha value is -3.23. The van der Waals surface area contributed by atoms with Gasteiger partial charge in [-0.2, -0.15) is 0 Å². The molecule has 0 unspecified atom stereocenters. The maximum Gasteiger partial charge on any atom is 0.171 e. The van der Waals surface area contributed by atoms with Gasteiger partial charge < -0.3 is 14.2 Å². The minimum absolute atomic E-state index is 0.577. The molecule has 154 valence electrons. The molecule has 0 amide bonds. The van der Waals surface area contributed by atoms with Crippen LogP contribution in [-0.2, 0) is 4.74 Å². The highest BCUT2D eigenvalue weighted by Gasteiger charge is 2.16. The van der Waals surface area contributed by atoms with Crippen molar-refractivity contribution in [3.63, 3.8) is 0 Å². The van der Waals surface area contributed by atoms with Crippen molar-refractivity contribution in [3.05, 3.63) is 48.8 Å². The van der Waals surface area contributed by atoms with Gasteiger partial charge in [-0.25, -0.2) is 4.98 Å². The fourth-order valence-electron chi connectivity index (χ4n) is 3.71. The number of benzene rings is 2. The maximum atomic E-state index is 6.04. The quantitative estimate of drug-likeness (QED) is 0.488. The molecule has 3 heterocycles. The van der Waals surface area contributed by atoms with Crippen LogP contribution in [0.2, 0.25) is 0 Å². The predicted octanol–water partition coefficient (Wildman–Crippen LogP) is 2.66. The van der Waals surface area contributed by atoms with Crippen LogP contribution < -0.4 is 9.47 Å². The molecule has 1 fully saturated rings. The van der Waals surface area contributed by atoms with Gasteiger partial charge in [0.05, 0.1) is 25.8 Å². The molecule has 5 rings (SSSR count). The van der Waals surface area contributed by atoms with Gasteiger partial charge in [0.1, 0.15) is 12.9 Å². The summed E-state index contributed by atoms with van der Waals surface area (Å²) in [6.45, 7) is 4.86. The number of methoxy groups -OCH3 is 1. The molecule has 1 saturated heterocycles. The zero-order valence-corrected chi connectivity index (χ0v) is 16.8. The van der Waals surface area contributed by atoms with E-state index >= 15 is 0 Å². The van der Waals surface area contributed by atoms with Crippen molar-refractivity contribution in [2.24, 2.45) is 0 Å². The zero-order valence-electron chi connectivity index (χ0n) is 16.8. The Morgan fingerprint density at radius 2 is 1.87 bits per heavy atom. The minimum Gasteiger partial charge on any atom is -0.493 e. The van der Waals surface area contributed by atoms with Gasteiger partial charge >= 0.3 is 0 Å². The van der Waals surface area contributed by atoms with Crippen LogP contribution in [-0.4, -0.2) is 71.0 Å². The lowest BCUT2D eigenvalue weighted by Crippen LogP contribution is -2.38. The van der Waals surface area contributed by atoms with Gasteiger partial charge in [0, 0.05) is 36.7 Å². The number of fused-ring (bicyclic) bond motifs is 3. The molecule has 0 aliphatic carbocycles. The van der Waals surface area contributed by atoms with Crippen LogP contribution in [0.25, 0.3) is 27.9 Å². The van der Waals surface area contributed by atoms with E-state index in [-0.39, 0.29) is 0 Å². The van der Waals surface area contributed by atoms with E-state index in [0.717, 1.165) is 60.8 Å². The topological polar surface area (TPSA) is 74.0 Å². The first-order valence-corrected chi connectivity index (χ1v) is 10.0. The normalized spacial score (nSPS) is 15.0.